The van der Waals surface area contributed by atoms with Crippen LogP contribution in [0.3, 0.4) is 0 Å². The van der Waals surface area contributed by atoms with Gasteiger partial charge >= 0.3 is 12.3 Å². The highest BCUT2D eigenvalue weighted by Gasteiger charge is 2.32. The molecule has 0 aliphatic rings. The third-order valence-corrected chi connectivity index (χ3v) is 4.12. The highest BCUT2D eigenvalue weighted by atomic mass is 19.4. The number of alkyl halides is 3. The van der Waals surface area contributed by atoms with Crippen molar-refractivity contribution in [1.29, 1.82) is 0 Å². The number of H-pyrrole nitrogens is 1. The predicted molar refractivity (Wildman–Crippen MR) is 106 cm³/mol. The maximum atomic E-state index is 13.0. The van der Waals surface area contributed by atoms with E-state index in [2.05, 4.69) is 40.3 Å². The van der Waals surface area contributed by atoms with Crippen molar-refractivity contribution in [1.82, 2.24) is 24.9 Å². The van der Waals surface area contributed by atoms with Crippen molar-refractivity contribution < 1.29 is 22.7 Å². The minimum atomic E-state index is -4.59. The van der Waals surface area contributed by atoms with Crippen LogP contribution in [0.2, 0.25) is 0 Å². The predicted octanol–water partition coefficient (Wildman–Crippen LogP) is 4.36. The van der Waals surface area contributed by atoms with Gasteiger partial charge in [-0.2, -0.15) is 13.2 Å². The molecule has 3 N–H and O–H groups in total. The number of ether oxygens (including phenoxy) is 1. The van der Waals surface area contributed by atoms with Crippen molar-refractivity contribution in [2.45, 2.75) is 6.18 Å². The maximum Gasteiger partial charge on any atom is 0.433 e. The van der Waals surface area contributed by atoms with Crippen molar-refractivity contribution in [3.63, 3.8) is 0 Å². The van der Waals surface area contributed by atoms with E-state index in [-0.39, 0.29) is 17.3 Å². The number of carbonyl (C=O) groups is 1. The van der Waals surface area contributed by atoms with Crippen LogP contribution in [0.4, 0.5) is 35.3 Å². The zero-order chi connectivity index (χ0) is 22.0. The molecule has 12 heteroatoms. The van der Waals surface area contributed by atoms with Gasteiger partial charge in [0, 0.05) is 24.1 Å². The van der Waals surface area contributed by atoms with Crippen molar-refractivity contribution in [2.75, 3.05) is 17.7 Å². The van der Waals surface area contributed by atoms with Crippen LogP contribution in [-0.4, -0.2) is 38.1 Å². The van der Waals surface area contributed by atoms with Gasteiger partial charge in [-0.25, -0.2) is 24.7 Å². The third kappa shape index (κ3) is 4.37. The van der Waals surface area contributed by atoms with E-state index in [1.807, 2.05) is 0 Å². The van der Waals surface area contributed by atoms with E-state index in [1.165, 1.54) is 25.4 Å². The normalized spacial score (nSPS) is 11.4. The molecule has 4 rings (SSSR count). The van der Waals surface area contributed by atoms with Gasteiger partial charge in [-0.15, -0.1) is 0 Å². The lowest BCUT2D eigenvalue weighted by Crippen LogP contribution is -2.12. The molecule has 0 saturated carbocycles. The summed E-state index contributed by atoms with van der Waals surface area (Å²) in [5.74, 6) is 0.567. The van der Waals surface area contributed by atoms with Crippen LogP contribution >= 0.6 is 0 Å². The zero-order valence-corrected chi connectivity index (χ0v) is 15.9. The fourth-order valence-corrected chi connectivity index (χ4v) is 2.74. The quantitative estimate of drug-likeness (QED) is 0.441. The summed E-state index contributed by atoms with van der Waals surface area (Å²) in [6.07, 6.45) is -2.19. The summed E-state index contributed by atoms with van der Waals surface area (Å²) >= 11 is 0. The number of amides is 1. The number of hydrogen-bond acceptors (Lipinski definition) is 7. The van der Waals surface area contributed by atoms with Crippen molar-refractivity contribution in [2.24, 2.45) is 0 Å². The Morgan fingerprint density at radius 2 is 1.97 bits per heavy atom. The largest absolute Gasteiger partial charge is 0.453 e. The summed E-state index contributed by atoms with van der Waals surface area (Å²) in [5.41, 5.74) is -0.140. The number of aromatic amines is 1. The second kappa shape index (κ2) is 7.89. The second-order valence-electron chi connectivity index (χ2n) is 6.21. The Labute approximate surface area is 172 Å². The Balaban J connectivity index is 1.72. The molecule has 0 aromatic carbocycles. The molecule has 0 spiro atoms. The van der Waals surface area contributed by atoms with E-state index >= 15 is 0 Å². The summed E-state index contributed by atoms with van der Waals surface area (Å²) in [7, 11) is 1.23. The first-order valence-electron chi connectivity index (χ1n) is 8.81. The van der Waals surface area contributed by atoms with Crippen molar-refractivity contribution in [3.05, 3.63) is 54.5 Å². The first-order chi connectivity index (χ1) is 14.8. The van der Waals surface area contributed by atoms with Crippen LogP contribution in [0.1, 0.15) is 5.69 Å². The summed E-state index contributed by atoms with van der Waals surface area (Å²) < 4.78 is 43.7. The van der Waals surface area contributed by atoms with Gasteiger partial charge in [-0.1, -0.05) is 6.07 Å². The monoisotopic (exact) mass is 429 g/mol. The number of fused-ring (bicyclic) bond motifs is 1. The van der Waals surface area contributed by atoms with Crippen molar-refractivity contribution in [3.8, 4) is 11.5 Å². The molecule has 9 nitrogen and oxygen atoms in total. The van der Waals surface area contributed by atoms with Gasteiger partial charge < -0.3 is 15.0 Å². The van der Waals surface area contributed by atoms with Crippen LogP contribution < -0.4 is 10.6 Å². The molecule has 158 valence electrons. The Morgan fingerprint density at radius 3 is 2.74 bits per heavy atom. The summed E-state index contributed by atoms with van der Waals surface area (Å²) in [5, 5.41) is 6.11. The SMILES string of the molecule is COC(=O)Nc1cc(Nc2nc(-c3cccc(C(F)(F)F)n3)nc3[nH]ccc23)ccn1. The van der Waals surface area contributed by atoms with Gasteiger partial charge in [0.05, 0.1) is 12.5 Å². The fourth-order valence-electron chi connectivity index (χ4n) is 2.74. The Morgan fingerprint density at radius 1 is 1.13 bits per heavy atom. The first-order valence-corrected chi connectivity index (χ1v) is 8.81. The second-order valence-corrected chi connectivity index (χ2v) is 6.21. The topological polar surface area (TPSA) is 118 Å². The van der Waals surface area contributed by atoms with Gasteiger partial charge in [0.15, 0.2) is 5.82 Å². The number of hydrogen-bond donors (Lipinski definition) is 3. The lowest BCUT2D eigenvalue weighted by molar-refractivity contribution is -0.141. The van der Waals surface area contributed by atoms with Crippen molar-refractivity contribution >= 4 is 34.4 Å². The molecule has 0 aliphatic carbocycles. The van der Waals surface area contributed by atoms with Gasteiger partial charge in [-0.3, -0.25) is 5.32 Å². The van der Waals surface area contributed by atoms with Gasteiger partial charge in [0.1, 0.15) is 28.7 Å². The minimum Gasteiger partial charge on any atom is -0.453 e. The maximum absolute atomic E-state index is 13.0. The molecule has 0 unspecified atom stereocenters. The molecule has 0 bridgehead atoms. The number of aromatic nitrogens is 5. The van der Waals surface area contributed by atoms with E-state index in [0.717, 1.165) is 6.07 Å². The lowest BCUT2D eigenvalue weighted by Gasteiger charge is -2.11. The molecule has 4 heterocycles. The van der Waals surface area contributed by atoms with Crippen LogP contribution in [0, 0.1) is 0 Å². The van der Waals surface area contributed by atoms with E-state index in [9.17, 15) is 18.0 Å². The number of carbonyl (C=O) groups excluding carboxylic acids is 1. The molecule has 0 saturated heterocycles. The highest BCUT2D eigenvalue weighted by Crippen LogP contribution is 2.30. The molecule has 0 radical (unpaired) electrons. The molecular formula is C19H14F3N7O2. The Kier molecular flexibility index (Phi) is 5.11. The summed E-state index contributed by atoms with van der Waals surface area (Å²) in [6, 6.07) is 8.41. The summed E-state index contributed by atoms with van der Waals surface area (Å²) in [4.78, 5) is 30.6. The zero-order valence-electron chi connectivity index (χ0n) is 15.9. The number of methoxy groups -OCH3 is 1. The molecular weight excluding hydrogens is 415 g/mol. The molecule has 0 atom stereocenters. The standard InChI is InChI=1S/C19H14F3N7O2/c1-31-18(30)27-14-9-10(5-7-23-14)25-16-11-6-8-24-15(11)28-17(29-16)12-3-2-4-13(26-12)19(20,21)22/h2-9H,1H3,(H3,23,24,25,27,28,29,30). The van der Waals surface area contributed by atoms with E-state index in [1.54, 1.807) is 24.4 Å². The van der Waals surface area contributed by atoms with Crippen LogP contribution in [0.15, 0.2) is 48.8 Å². The molecule has 0 aliphatic heterocycles. The van der Waals surface area contributed by atoms with Crippen LogP contribution in [0.5, 0.6) is 0 Å². The highest BCUT2D eigenvalue weighted by molar-refractivity contribution is 5.91. The van der Waals surface area contributed by atoms with Gasteiger partial charge in [0.25, 0.3) is 0 Å². The molecule has 4 aromatic rings. The number of nitrogens with zero attached hydrogens (tertiary/aromatic N) is 4. The average molecular weight is 429 g/mol. The number of nitrogens with one attached hydrogen (secondary N) is 3. The van der Waals surface area contributed by atoms with Crippen LogP contribution in [-0.2, 0) is 10.9 Å². The third-order valence-electron chi connectivity index (χ3n) is 4.12. The lowest BCUT2D eigenvalue weighted by atomic mass is 10.2. The molecule has 4 aromatic heterocycles. The van der Waals surface area contributed by atoms with Gasteiger partial charge in [-0.05, 0) is 24.3 Å². The molecule has 0 fully saturated rings. The van der Waals surface area contributed by atoms with E-state index < -0.39 is 18.0 Å². The smallest absolute Gasteiger partial charge is 0.433 e. The number of anilines is 3. The van der Waals surface area contributed by atoms with E-state index in [0.29, 0.717) is 22.5 Å². The Bertz CT molecular complexity index is 1260. The van der Waals surface area contributed by atoms with Crippen LogP contribution in [0.25, 0.3) is 22.6 Å². The number of rotatable bonds is 4. The van der Waals surface area contributed by atoms with E-state index in [4.69, 9.17) is 0 Å². The number of pyridine rings is 2. The van der Waals surface area contributed by atoms with Gasteiger partial charge in [0.2, 0.25) is 0 Å². The molecule has 1 amide bonds. The minimum absolute atomic E-state index is 0.00511. The first kappa shape index (κ1) is 20.1. The number of halogens is 3. The fraction of sp³-hybridized carbons (Fsp3) is 0.105. The average Bonchev–Trinajstić information content (AvgIpc) is 3.22. The Hall–Kier alpha value is -4.22. The summed E-state index contributed by atoms with van der Waals surface area (Å²) in [6.45, 7) is 0. The molecule has 31 heavy (non-hydrogen) atoms.